The zero-order chi connectivity index (χ0) is 24.0. The van der Waals surface area contributed by atoms with E-state index in [1.165, 1.54) is 12.1 Å². The number of nitrogens with one attached hydrogen (secondary N) is 1. The molecule has 1 amide bonds. The number of rotatable bonds is 17. The van der Waals surface area contributed by atoms with Gasteiger partial charge >= 0.3 is 5.97 Å². The Morgan fingerprint density at radius 3 is 1.76 bits per heavy atom. The summed E-state index contributed by atoms with van der Waals surface area (Å²) < 4.78 is 0. The fourth-order valence-electron chi connectivity index (χ4n) is 3.01. The molecule has 1 aromatic rings. The summed E-state index contributed by atoms with van der Waals surface area (Å²) in [6.07, 6.45) is 31.5. The maximum absolute atomic E-state index is 12.0. The third kappa shape index (κ3) is 16.2. The number of anilines is 1. The van der Waals surface area contributed by atoms with Crippen molar-refractivity contribution in [2.45, 2.75) is 71.1 Å². The average molecular weight is 450 g/mol. The normalized spacial score (nSPS) is 12.2. The molecule has 0 aromatic heterocycles. The van der Waals surface area contributed by atoms with Crippen LogP contribution in [-0.2, 0) is 4.79 Å². The average Bonchev–Trinajstić information content (AvgIpc) is 2.81. The van der Waals surface area contributed by atoms with Crippen molar-refractivity contribution in [2.24, 2.45) is 0 Å². The van der Waals surface area contributed by atoms with Crippen molar-refractivity contribution in [3.63, 3.8) is 0 Å². The number of hydrogen-bond acceptors (Lipinski definition) is 2. The lowest BCUT2D eigenvalue weighted by atomic mass is 10.1. The van der Waals surface area contributed by atoms with Crippen molar-refractivity contribution < 1.29 is 14.7 Å². The molecule has 33 heavy (non-hydrogen) atoms. The fraction of sp³-hybridized carbons (Fsp3) is 0.379. The van der Waals surface area contributed by atoms with Crippen molar-refractivity contribution in [3.05, 3.63) is 90.6 Å². The molecule has 0 saturated heterocycles. The maximum Gasteiger partial charge on any atom is 0.335 e. The lowest BCUT2D eigenvalue weighted by Gasteiger charge is -2.05. The van der Waals surface area contributed by atoms with Crippen LogP contribution in [0.3, 0.4) is 0 Å². The van der Waals surface area contributed by atoms with Crippen LogP contribution in [0.25, 0.3) is 0 Å². The van der Waals surface area contributed by atoms with E-state index in [9.17, 15) is 9.59 Å². The number of carboxylic acid groups (broad SMARTS) is 1. The molecule has 0 unspecified atom stereocenters. The minimum absolute atomic E-state index is 0.0343. The third-order valence-corrected chi connectivity index (χ3v) is 4.85. The van der Waals surface area contributed by atoms with Crippen LogP contribution in [0.1, 0.15) is 81.5 Å². The van der Waals surface area contributed by atoms with E-state index >= 15 is 0 Å². The number of hydrogen-bond donors (Lipinski definition) is 2. The summed E-state index contributed by atoms with van der Waals surface area (Å²) in [6, 6.07) is 6.21. The molecule has 0 fully saturated rings. The van der Waals surface area contributed by atoms with Crippen LogP contribution in [0.4, 0.5) is 5.69 Å². The summed E-state index contributed by atoms with van der Waals surface area (Å²) in [4.78, 5) is 22.8. The number of amides is 1. The summed E-state index contributed by atoms with van der Waals surface area (Å²) in [5.74, 6) is -1.01. The highest BCUT2D eigenvalue weighted by atomic mass is 16.4. The second kappa shape index (κ2) is 19.5. The molecule has 4 heteroatoms. The third-order valence-electron chi connectivity index (χ3n) is 4.85. The van der Waals surface area contributed by atoms with Gasteiger partial charge in [0.15, 0.2) is 0 Å². The topological polar surface area (TPSA) is 66.4 Å². The summed E-state index contributed by atoms with van der Waals surface area (Å²) in [5.41, 5.74) is 0.840. The molecular weight excluding hydrogens is 410 g/mol. The number of benzene rings is 1. The molecule has 0 aliphatic heterocycles. The van der Waals surface area contributed by atoms with E-state index in [1.807, 2.05) is 0 Å². The molecule has 0 heterocycles. The molecule has 0 aliphatic rings. The molecule has 4 nitrogen and oxygen atoms in total. The highest BCUT2D eigenvalue weighted by Gasteiger charge is 2.04. The Kier molecular flexibility index (Phi) is 16.5. The van der Waals surface area contributed by atoms with E-state index < -0.39 is 5.97 Å². The van der Waals surface area contributed by atoms with Gasteiger partial charge < -0.3 is 10.4 Å². The summed E-state index contributed by atoms with van der Waals surface area (Å²) >= 11 is 0. The molecule has 0 radical (unpaired) electrons. The zero-order valence-electron chi connectivity index (χ0n) is 19.9. The van der Waals surface area contributed by atoms with E-state index in [4.69, 9.17) is 5.11 Å². The Morgan fingerprint density at radius 1 is 0.727 bits per heavy atom. The number of aromatic carboxylic acids is 1. The van der Waals surface area contributed by atoms with Gasteiger partial charge in [-0.2, -0.15) is 0 Å². The first kappa shape index (κ1) is 27.9. The second-order valence-corrected chi connectivity index (χ2v) is 7.74. The maximum atomic E-state index is 12.0. The van der Waals surface area contributed by atoms with Crippen molar-refractivity contribution >= 4 is 17.6 Å². The molecule has 0 spiro atoms. The second-order valence-electron chi connectivity index (χ2n) is 7.74. The molecule has 0 bridgehead atoms. The van der Waals surface area contributed by atoms with E-state index in [-0.39, 0.29) is 11.5 Å². The van der Waals surface area contributed by atoms with Gasteiger partial charge in [0.2, 0.25) is 5.91 Å². The first-order valence-corrected chi connectivity index (χ1v) is 12.0. The van der Waals surface area contributed by atoms with Crippen LogP contribution in [0.15, 0.2) is 85.0 Å². The van der Waals surface area contributed by atoms with Crippen molar-refractivity contribution in [1.82, 2.24) is 0 Å². The summed E-state index contributed by atoms with van der Waals surface area (Å²) in [7, 11) is 0. The summed E-state index contributed by atoms with van der Waals surface area (Å²) in [5, 5.41) is 11.7. The van der Waals surface area contributed by atoms with Gasteiger partial charge in [0, 0.05) is 12.1 Å². The lowest BCUT2D eigenvalue weighted by Crippen LogP contribution is -2.11. The summed E-state index contributed by atoms with van der Waals surface area (Å²) in [6.45, 7) is 2.15. The molecule has 0 aliphatic carbocycles. The van der Waals surface area contributed by atoms with Gasteiger partial charge in [0.05, 0.1) is 5.56 Å². The van der Waals surface area contributed by atoms with Crippen LogP contribution in [-0.4, -0.2) is 17.0 Å². The van der Waals surface area contributed by atoms with Gasteiger partial charge in [0.25, 0.3) is 0 Å². The Hall–Kier alpha value is -3.14. The number of carbonyl (C=O) groups is 2. The lowest BCUT2D eigenvalue weighted by molar-refractivity contribution is -0.116. The first-order valence-electron chi connectivity index (χ1n) is 12.0. The van der Waals surface area contributed by atoms with Gasteiger partial charge in [-0.25, -0.2) is 4.79 Å². The van der Waals surface area contributed by atoms with Crippen molar-refractivity contribution in [3.8, 4) is 0 Å². The van der Waals surface area contributed by atoms with Crippen LogP contribution in [0, 0.1) is 0 Å². The number of unbranched alkanes of at least 4 members (excludes halogenated alkanes) is 3. The van der Waals surface area contributed by atoms with E-state index in [0.29, 0.717) is 12.1 Å². The fourth-order valence-corrected chi connectivity index (χ4v) is 3.01. The standard InChI is InChI=1S/C29H39NO3/c1-2-3-4-5-6-7-8-9-10-11-12-13-14-15-16-17-18-19-20-21-28(31)30-27-24-22-26(23-25-27)29(32)33/h3-4,6-7,9-10,12-13,15-16,22-25H,2,5,8,11,14,17-21H2,1H3,(H,30,31)(H,32,33)/b4-3-,7-6-,10-9-,13-12-,16-15-. The molecule has 0 atom stereocenters. The van der Waals surface area contributed by atoms with E-state index in [2.05, 4.69) is 73.0 Å². The van der Waals surface area contributed by atoms with Crippen LogP contribution in [0.5, 0.6) is 0 Å². The predicted molar refractivity (Wildman–Crippen MR) is 140 cm³/mol. The van der Waals surface area contributed by atoms with E-state index in [1.54, 1.807) is 12.1 Å². The SMILES string of the molecule is CC/C=C\C/C=C\C/C=C\C/C=C\C/C=C\CCCCCC(=O)Nc1ccc(C(=O)O)cc1. The van der Waals surface area contributed by atoms with Crippen LogP contribution >= 0.6 is 0 Å². The zero-order valence-corrected chi connectivity index (χ0v) is 19.9. The Bertz CT molecular complexity index is 814. The molecular formula is C29H39NO3. The van der Waals surface area contributed by atoms with Gasteiger partial charge in [-0.15, -0.1) is 0 Å². The first-order chi connectivity index (χ1) is 16.1. The monoisotopic (exact) mass is 449 g/mol. The number of carbonyl (C=O) groups excluding carboxylic acids is 1. The smallest absolute Gasteiger partial charge is 0.335 e. The molecule has 2 N–H and O–H groups in total. The van der Waals surface area contributed by atoms with Gasteiger partial charge in [-0.3, -0.25) is 4.79 Å². The molecule has 178 valence electrons. The Labute approximate surface area is 199 Å². The van der Waals surface area contributed by atoms with Crippen LogP contribution in [0.2, 0.25) is 0 Å². The minimum Gasteiger partial charge on any atom is -0.478 e. The molecule has 1 aromatic carbocycles. The molecule has 1 rings (SSSR count). The van der Waals surface area contributed by atoms with Gasteiger partial charge in [-0.1, -0.05) is 74.1 Å². The largest absolute Gasteiger partial charge is 0.478 e. The number of carboxylic acids is 1. The van der Waals surface area contributed by atoms with Crippen LogP contribution < -0.4 is 5.32 Å². The number of allylic oxidation sites excluding steroid dienone is 10. The van der Waals surface area contributed by atoms with E-state index in [0.717, 1.165) is 57.8 Å². The Balaban J connectivity index is 1.99. The van der Waals surface area contributed by atoms with Gasteiger partial charge in [0.1, 0.15) is 0 Å². The quantitative estimate of drug-likeness (QED) is 0.187. The van der Waals surface area contributed by atoms with Crippen molar-refractivity contribution in [1.29, 1.82) is 0 Å². The highest BCUT2D eigenvalue weighted by molar-refractivity contribution is 5.92. The molecule has 0 saturated carbocycles. The minimum atomic E-state index is -0.972. The van der Waals surface area contributed by atoms with Crippen molar-refractivity contribution in [2.75, 3.05) is 5.32 Å². The Morgan fingerprint density at radius 2 is 1.24 bits per heavy atom. The van der Waals surface area contributed by atoms with Gasteiger partial charge in [-0.05, 0) is 75.6 Å². The predicted octanol–water partition coefficient (Wildman–Crippen LogP) is 8.03. The highest BCUT2D eigenvalue weighted by Crippen LogP contribution is 2.11.